The lowest BCUT2D eigenvalue weighted by atomic mass is 10.0. The van der Waals surface area contributed by atoms with Gasteiger partial charge >= 0.3 is 0 Å². The standard InChI is InChI=1S/C17H19ClFNO3S/c1-22-16-8-11(19)2-4-15(16)23-14-6-7-20(10-13(14)21)9-12-3-5-17(18)24-12/h2-5,8,13-14,21H,6-7,9-10H2,1H3/t13-,14-/m1/s1. The van der Waals surface area contributed by atoms with E-state index in [4.69, 9.17) is 21.1 Å². The van der Waals surface area contributed by atoms with Crippen LogP contribution in [-0.4, -0.2) is 42.4 Å². The van der Waals surface area contributed by atoms with Gasteiger partial charge < -0.3 is 14.6 Å². The summed E-state index contributed by atoms with van der Waals surface area (Å²) >= 11 is 7.50. The van der Waals surface area contributed by atoms with E-state index in [9.17, 15) is 9.50 Å². The first-order valence-corrected chi connectivity index (χ1v) is 8.89. The molecule has 2 atom stereocenters. The van der Waals surface area contributed by atoms with Crippen molar-refractivity contribution in [3.05, 3.63) is 45.4 Å². The Morgan fingerprint density at radius 1 is 1.33 bits per heavy atom. The van der Waals surface area contributed by atoms with Crippen molar-refractivity contribution in [2.75, 3.05) is 20.2 Å². The zero-order valence-corrected chi connectivity index (χ0v) is 14.8. The molecule has 1 aliphatic heterocycles. The highest BCUT2D eigenvalue weighted by Gasteiger charge is 2.30. The molecule has 1 saturated heterocycles. The molecule has 0 radical (unpaired) electrons. The van der Waals surface area contributed by atoms with E-state index < -0.39 is 6.10 Å². The lowest BCUT2D eigenvalue weighted by Crippen LogP contribution is -2.48. The number of halogens is 2. The van der Waals surface area contributed by atoms with Crippen LogP contribution in [0.5, 0.6) is 11.5 Å². The molecule has 130 valence electrons. The molecule has 0 amide bonds. The molecule has 1 N–H and O–H groups in total. The number of aliphatic hydroxyl groups excluding tert-OH is 1. The molecule has 0 spiro atoms. The van der Waals surface area contributed by atoms with E-state index in [1.54, 1.807) is 11.3 Å². The summed E-state index contributed by atoms with van der Waals surface area (Å²) in [5.41, 5.74) is 0. The second kappa shape index (κ2) is 7.70. The minimum Gasteiger partial charge on any atom is -0.493 e. The maximum absolute atomic E-state index is 13.2. The van der Waals surface area contributed by atoms with Crippen LogP contribution >= 0.6 is 22.9 Å². The van der Waals surface area contributed by atoms with Crippen LogP contribution in [0.25, 0.3) is 0 Å². The number of benzene rings is 1. The molecule has 24 heavy (non-hydrogen) atoms. The third-order valence-corrected chi connectivity index (χ3v) is 5.23. The number of hydrogen-bond acceptors (Lipinski definition) is 5. The Hall–Kier alpha value is -1.34. The first kappa shape index (κ1) is 17.5. The van der Waals surface area contributed by atoms with Crippen LogP contribution in [0.15, 0.2) is 30.3 Å². The second-order valence-electron chi connectivity index (χ2n) is 5.75. The third-order valence-electron chi connectivity index (χ3n) is 4.02. The highest BCUT2D eigenvalue weighted by Crippen LogP contribution is 2.31. The van der Waals surface area contributed by atoms with Gasteiger partial charge in [0.25, 0.3) is 0 Å². The molecule has 7 heteroatoms. The number of nitrogens with zero attached hydrogens (tertiary/aromatic N) is 1. The lowest BCUT2D eigenvalue weighted by molar-refractivity contribution is -0.0280. The summed E-state index contributed by atoms with van der Waals surface area (Å²) in [5, 5.41) is 10.4. The average molecular weight is 372 g/mol. The van der Waals surface area contributed by atoms with Crippen molar-refractivity contribution in [3.8, 4) is 11.5 Å². The highest BCUT2D eigenvalue weighted by atomic mass is 35.5. The van der Waals surface area contributed by atoms with Gasteiger partial charge in [0.1, 0.15) is 18.0 Å². The maximum Gasteiger partial charge on any atom is 0.163 e. The van der Waals surface area contributed by atoms with E-state index in [2.05, 4.69) is 4.90 Å². The molecule has 0 unspecified atom stereocenters. The third kappa shape index (κ3) is 4.19. The van der Waals surface area contributed by atoms with Crippen molar-refractivity contribution in [3.63, 3.8) is 0 Å². The zero-order chi connectivity index (χ0) is 17.1. The number of rotatable bonds is 5. The van der Waals surface area contributed by atoms with Gasteiger partial charge in [-0.2, -0.15) is 0 Å². The molecule has 3 rings (SSSR count). The number of aliphatic hydroxyl groups is 1. The Kier molecular flexibility index (Phi) is 5.61. The Labute approximate surface area is 149 Å². The fourth-order valence-corrected chi connectivity index (χ4v) is 3.95. The van der Waals surface area contributed by atoms with E-state index >= 15 is 0 Å². The van der Waals surface area contributed by atoms with Gasteiger partial charge in [0.2, 0.25) is 0 Å². The summed E-state index contributed by atoms with van der Waals surface area (Å²) < 4.78 is 25.0. The van der Waals surface area contributed by atoms with Crippen molar-refractivity contribution in [1.29, 1.82) is 0 Å². The van der Waals surface area contributed by atoms with Crippen LogP contribution in [0, 0.1) is 5.82 Å². The number of methoxy groups -OCH3 is 1. The molecule has 0 saturated carbocycles. The molecule has 1 aromatic carbocycles. The van der Waals surface area contributed by atoms with E-state index in [1.165, 1.54) is 30.2 Å². The Balaban J connectivity index is 1.60. The van der Waals surface area contributed by atoms with Gasteiger partial charge in [0.15, 0.2) is 11.5 Å². The van der Waals surface area contributed by atoms with Crippen molar-refractivity contribution < 1.29 is 19.0 Å². The van der Waals surface area contributed by atoms with E-state index in [-0.39, 0.29) is 11.9 Å². The monoisotopic (exact) mass is 371 g/mol. The quantitative estimate of drug-likeness (QED) is 0.872. The number of ether oxygens (including phenoxy) is 2. The van der Waals surface area contributed by atoms with Crippen LogP contribution in [0.3, 0.4) is 0 Å². The van der Waals surface area contributed by atoms with Crippen LogP contribution in [-0.2, 0) is 6.54 Å². The smallest absolute Gasteiger partial charge is 0.163 e. The van der Waals surface area contributed by atoms with Crippen LogP contribution in [0.4, 0.5) is 4.39 Å². The van der Waals surface area contributed by atoms with Crippen molar-refractivity contribution >= 4 is 22.9 Å². The van der Waals surface area contributed by atoms with Gasteiger partial charge in [0, 0.05) is 30.6 Å². The van der Waals surface area contributed by atoms with Crippen molar-refractivity contribution in [1.82, 2.24) is 4.90 Å². The van der Waals surface area contributed by atoms with Gasteiger partial charge in [-0.1, -0.05) is 11.6 Å². The maximum atomic E-state index is 13.2. The number of hydrogen-bond donors (Lipinski definition) is 1. The minimum absolute atomic E-state index is 0.331. The van der Waals surface area contributed by atoms with E-state index in [0.29, 0.717) is 24.5 Å². The molecule has 1 aliphatic rings. The van der Waals surface area contributed by atoms with Crippen molar-refractivity contribution in [2.24, 2.45) is 0 Å². The number of likely N-dealkylation sites (tertiary alicyclic amines) is 1. The predicted molar refractivity (Wildman–Crippen MR) is 92.6 cm³/mol. The Morgan fingerprint density at radius 2 is 2.17 bits per heavy atom. The first-order valence-electron chi connectivity index (χ1n) is 7.70. The Bertz CT molecular complexity index is 696. The molecular formula is C17H19ClFNO3S. The average Bonchev–Trinajstić information content (AvgIpc) is 2.96. The summed E-state index contributed by atoms with van der Waals surface area (Å²) in [7, 11) is 1.47. The number of thiophene rings is 1. The van der Waals surface area contributed by atoms with Gasteiger partial charge in [-0.05, 0) is 30.7 Å². The van der Waals surface area contributed by atoms with E-state index in [0.717, 1.165) is 17.4 Å². The summed E-state index contributed by atoms with van der Waals surface area (Å²) in [4.78, 5) is 3.35. The Morgan fingerprint density at radius 3 is 2.83 bits per heavy atom. The molecule has 0 bridgehead atoms. The predicted octanol–water partition coefficient (Wildman–Crippen LogP) is 3.56. The van der Waals surface area contributed by atoms with Crippen LogP contribution in [0.1, 0.15) is 11.3 Å². The molecule has 0 aliphatic carbocycles. The topological polar surface area (TPSA) is 41.9 Å². The molecule has 1 aromatic heterocycles. The normalized spacial score (nSPS) is 21.7. The largest absolute Gasteiger partial charge is 0.493 e. The van der Waals surface area contributed by atoms with Gasteiger partial charge in [0.05, 0.1) is 11.4 Å². The molecule has 2 aromatic rings. The number of β-amino-alcohol motifs (C(OH)–C–C–N with tert-alkyl or cyclic N) is 1. The highest BCUT2D eigenvalue weighted by molar-refractivity contribution is 7.16. The number of piperidine rings is 1. The van der Waals surface area contributed by atoms with Gasteiger partial charge in [-0.25, -0.2) is 4.39 Å². The fourth-order valence-electron chi connectivity index (χ4n) is 2.82. The van der Waals surface area contributed by atoms with Crippen molar-refractivity contribution in [2.45, 2.75) is 25.2 Å². The summed E-state index contributed by atoms with van der Waals surface area (Å²) in [5.74, 6) is 0.392. The molecule has 2 heterocycles. The minimum atomic E-state index is -0.621. The molecular weight excluding hydrogens is 353 g/mol. The lowest BCUT2D eigenvalue weighted by Gasteiger charge is -2.35. The molecule has 4 nitrogen and oxygen atoms in total. The van der Waals surface area contributed by atoms with E-state index in [1.807, 2.05) is 12.1 Å². The second-order valence-corrected chi connectivity index (χ2v) is 7.55. The first-order chi connectivity index (χ1) is 11.5. The van der Waals surface area contributed by atoms with Crippen LogP contribution in [0.2, 0.25) is 4.34 Å². The summed E-state index contributed by atoms with van der Waals surface area (Å²) in [6, 6.07) is 8.01. The fraction of sp³-hybridized carbons (Fsp3) is 0.412. The summed E-state index contributed by atoms with van der Waals surface area (Å²) in [6.45, 7) is 2.09. The van der Waals surface area contributed by atoms with Gasteiger partial charge in [-0.3, -0.25) is 4.90 Å². The SMILES string of the molecule is COc1cc(F)ccc1O[C@@H]1CCN(Cc2ccc(Cl)s2)C[C@H]1O. The van der Waals surface area contributed by atoms with Crippen LogP contribution < -0.4 is 9.47 Å². The summed E-state index contributed by atoms with van der Waals surface area (Å²) in [6.07, 6.45) is -0.280. The molecule has 1 fully saturated rings. The zero-order valence-electron chi connectivity index (χ0n) is 13.2. The van der Waals surface area contributed by atoms with Gasteiger partial charge in [-0.15, -0.1) is 11.3 Å².